The molecule has 1 N–H and O–H groups in total. The van der Waals surface area contributed by atoms with Gasteiger partial charge in [-0.25, -0.2) is 13.2 Å². The van der Waals surface area contributed by atoms with Crippen LogP contribution in [0, 0.1) is 6.92 Å². The molecule has 0 aliphatic carbocycles. The van der Waals surface area contributed by atoms with Gasteiger partial charge in [-0.1, -0.05) is 0 Å². The number of sulfone groups is 1. The Morgan fingerprint density at radius 2 is 2.21 bits per heavy atom. The Morgan fingerprint density at radius 3 is 2.74 bits per heavy atom. The highest BCUT2D eigenvalue weighted by Crippen LogP contribution is 2.22. The van der Waals surface area contributed by atoms with E-state index in [0.29, 0.717) is 18.5 Å². The molecule has 1 atom stereocenters. The number of nitrogens with zero attached hydrogens (tertiary/aromatic N) is 1. The van der Waals surface area contributed by atoms with E-state index in [1.165, 1.54) is 12.3 Å². The van der Waals surface area contributed by atoms with E-state index in [4.69, 9.17) is 5.11 Å². The fourth-order valence-corrected chi connectivity index (χ4v) is 4.13. The standard InChI is InChI=1S/C12H15NO5S/c1-8-5-11(14)10(12(15)16)7-13(8)6-9-3-2-4-19(9,17)18/h5,7,9H,2-4,6H2,1H3,(H,15,16). The van der Waals surface area contributed by atoms with Gasteiger partial charge < -0.3 is 9.67 Å². The van der Waals surface area contributed by atoms with Crippen LogP contribution in [0.4, 0.5) is 0 Å². The Kier molecular flexibility index (Phi) is 3.49. The molecule has 1 unspecified atom stereocenters. The molecule has 1 aliphatic heterocycles. The largest absolute Gasteiger partial charge is 0.477 e. The molecular weight excluding hydrogens is 270 g/mol. The van der Waals surface area contributed by atoms with E-state index >= 15 is 0 Å². The number of pyridine rings is 1. The molecule has 0 saturated carbocycles. The van der Waals surface area contributed by atoms with Crippen LogP contribution in [0.3, 0.4) is 0 Å². The maximum absolute atomic E-state index is 11.8. The minimum Gasteiger partial charge on any atom is -0.477 e. The first kappa shape index (κ1) is 13.8. The number of hydrogen-bond acceptors (Lipinski definition) is 4. The molecule has 1 saturated heterocycles. The summed E-state index contributed by atoms with van der Waals surface area (Å²) in [7, 11) is -3.09. The van der Waals surface area contributed by atoms with Gasteiger partial charge in [-0.05, 0) is 19.8 Å². The molecule has 0 amide bonds. The van der Waals surface area contributed by atoms with Gasteiger partial charge in [-0.2, -0.15) is 0 Å². The summed E-state index contributed by atoms with van der Waals surface area (Å²) in [5, 5.41) is 8.42. The number of hydrogen-bond donors (Lipinski definition) is 1. The summed E-state index contributed by atoms with van der Waals surface area (Å²) in [5.74, 6) is -1.11. The monoisotopic (exact) mass is 285 g/mol. The van der Waals surface area contributed by atoms with E-state index in [1.807, 2.05) is 0 Å². The quantitative estimate of drug-likeness (QED) is 0.869. The second kappa shape index (κ2) is 4.80. The molecule has 19 heavy (non-hydrogen) atoms. The lowest BCUT2D eigenvalue weighted by molar-refractivity contribution is 0.0694. The number of carboxylic acids is 1. The van der Waals surface area contributed by atoms with Crippen molar-refractivity contribution in [2.45, 2.75) is 31.6 Å². The molecule has 1 aliphatic rings. The fourth-order valence-electron chi connectivity index (χ4n) is 2.31. The van der Waals surface area contributed by atoms with Crippen molar-refractivity contribution in [1.29, 1.82) is 0 Å². The van der Waals surface area contributed by atoms with Crippen LogP contribution in [0.1, 0.15) is 28.9 Å². The first-order chi connectivity index (χ1) is 8.81. The van der Waals surface area contributed by atoms with Crippen LogP contribution in [0.25, 0.3) is 0 Å². The molecule has 0 spiro atoms. The fraction of sp³-hybridized carbons (Fsp3) is 0.500. The summed E-state index contributed by atoms with van der Waals surface area (Å²) in [4.78, 5) is 22.4. The number of aromatic nitrogens is 1. The summed E-state index contributed by atoms with van der Waals surface area (Å²) in [6, 6.07) is 1.23. The Morgan fingerprint density at radius 1 is 1.53 bits per heavy atom. The average molecular weight is 285 g/mol. The van der Waals surface area contributed by atoms with Crippen molar-refractivity contribution in [2.24, 2.45) is 0 Å². The van der Waals surface area contributed by atoms with Gasteiger partial charge in [0, 0.05) is 24.5 Å². The van der Waals surface area contributed by atoms with Crippen LogP contribution in [-0.4, -0.2) is 35.1 Å². The molecular formula is C12H15NO5S. The smallest absolute Gasteiger partial charge is 0.341 e. The Hall–Kier alpha value is -1.63. The highest BCUT2D eigenvalue weighted by atomic mass is 32.2. The molecule has 1 aromatic rings. The zero-order valence-electron chi connectivity index (χ0n) is 10.5. The summed E-state index contributed by atoms with van der Waals surface area (Å²) in [6.07, 6.45) is 2.45. The topological polar surface area (TPSA) is 93.4 Å². The lowest BCUT2D eigenvalue weighted by Gasteiger charge is -2.15. The van der Waals surface area contributed by atoms with Crippen molar-refractivity contribution in [3.63, 3.8) is 0 Å². The lowest BCUT2D eigenvalue weighted by atomic mass is 10.2. The first-order valence-electron chi connectivity index (χ1n) is 5.97. The number of rotatable bonds is 3. The van der Waals surface area contributed by atoms with E-state index in [0.717, 1.165) is 0 Å². The minimum atomic E-state index is -3.09. The Bertz CT molecular complexity index is 674. The SMILES string of the molecule is Cc1cc(=O)c(C(=O)O)cn1CC1CCCS1(=O)=O. The van der Waals surface area contributed by atoms with Crippen molar-refractivity contribution >= 4 is 15.8 Å². The average Bonchev–Trinajstić information content (AvgIpc) is 2.61. The zero-order valence-corrected chi connectivity index (χ0v) is 11.3. The minimum absolute atomic E-state index is 0.183. The maximum Gasteiger partial charge on any atom is 0.341 e. The highest BCUT2D eigenvalue weighted by molar-refractivity contribution is 7.92. The number of carboxylic acid groups (broad SMARTS) is 1. The molecule has 0 aromatic carbocycles. The molecule has 2 heterocycles. The summed E-state index contributed by atoms with van der Waals surface area (Å²) in [6.45, 7) is 1.86. The zero-order chi connectivity index (χ0) is 14.2. The van der Waals surface area contributed by atoms with Crippen molar-refractivity contribution in [1.82, 2.24) is 4.57 Å². The first-order valence-corrected chi connectivity index (χ1v) is 7.69. The maximum atomic E-state index is 11.8. The molecule has 1 aromatic heterocycles. The summed E-state index contributed by atoms with van der Waals surface area (Å²) >= 11 is 0. The van der Waals surface area contributed by atoms with Gasteiger partial charge in [0.2, 0.25) is 0 Å². The third-order valence-electron chi connectivity index (χ3n) is 3.44. The van der Waals surface area contributed by atoms with Gasteiger partial charge in [0.15, 0.2) is 15.3 Å². The van der Waals surface area contributed by atoms with Crippen molar-refractivity contribution in [3.05, 3.63) is 33.7 Å². The van der Waals surface area contributed by atoms with Crippen molar-refractivity contribution in [3.8, 4) is 0 Å². The molecule has 1 fully saturated rings. The van der Waals surface area contributed by atoms with Crippen LogP contribution in [0.2, 0.25) is 0 Å². The molecule has 6 nitrogen and oxygen atoms in total. The lowest BCUT2D eigenvalue weighted by Crippen LogP contribution is -2.26. The van der Waals surface area contributed by atoms with Gasteiger partial charge in [0.05, 0.1) is 11.0 Å². The van der Waals surface area contributed by atoms with Crippen LogP contribution < -0.4 is 5.43 Å². The van der Waals surface area contributed by atoms with Crippen LogP contribution in [0.5, 0.6) is 0 Å². The predicted octanol–water partition coefficient (Wildman–Crippen LogP) is 0.432. The van der Waals surface area contributed by atoms with Crippen molar-refractivity contribution in [2.75, 3.05) is 5.75 Å². The number of aromatic carboxylic acids is 1. The molecule has 2 rings (SSSR count). The van der Waals surface area contributed by atoms with Crippen molar-refractivity contribution < 1.29 is 18.3 Å². The predicted molar refractivity (Wildman–Crippen MR) is 69.2 cm³/mol. The van der Waals surface area contributed by atoms with E-state index in [1.54, 1.807) is 11.5 Å². The molecule has 104 valence electrons. The summed E-state index contributed by atoms with van der Waals surface area (Å²) < 4.78 is 25.1. The van der Waals surface area contributed by atoms with E-state index < -0.39 is 26.5 Å². The summed E-state index contributed by atoms with van der Waals surface area (Å²) in [5.41, 5.74) is -0.325. The normalized spacial score (nSPS) is 21.4. The van der Waals surface area contributed by atoms with Gasteiger partial charge in [0.25, 0.3) is 0 Å². The van der Waals surface area contributed by atoms with E-state index in [2.05, 4.69) is 0 Å². The molecule has 7 heteroatoms. The van der Waals surface area contributed by atoms with E-state index in [9.17, 15) is 18.0 Å². The Balaban J connectivity index is 2.38. The van der Waals surface area contributed by atoms with Crippen LogP contribution >= 0.6 is 0 Å². The third-order valence-corrected chi connectivity index (χ3v) is 5.70. The van der Waals surface area contributed by atoms with Gasteiger partial charge in [-0.3, -0.25) is 4.79 Å². The van der Waals surface area contributed by atoms with Gasteiger partial charge in [-0.15, -0.1) is 0 Å². The second-order valence-corrected chi connectivity index (χ2v) is 7.18. The van der Waals surface area contributed by atoms with Gasteiger partial charge >= 0.3 is 5.97 Å². The van der Waals surface area contributed by atoms with Crippen LogP contribution in [0.15, 0.2) is 17.1 Å². The molecule has 0 bridgehead atoms. The van der Waals surface area contributed by atoms with Gasteiger partial charge in [0.1, 0.15) is 5.56 Å². The molecule has 0 radical (unpaired) electrons. The number of carbonyl (C=O) groups is 1. The Labute approximate surface area is 110 Å². The van der Waals surface area contributed by atoms with E-state index in [-0.39, 0.29) is 17.9 Å². The number of aryl methyl sites for hydroxylation is 1. The highest BCUT2D eigenvalue weighted by Gasteiger charge is 2.31. The second-order valence-electron chi connectivity index (χ2n) is 4.78. The third kappa shape index (κ3) is 2.70. The van der Waals surface area contributed by atoms with Crippen LogP contribution in [-0.2, 0) is 16.4 Å².